The number of thiazole rings is 1. The van der Waals surface area contributed by atoms with Gasteiger partial charge in [-0.15, -0.1) is 11.3 Å². The van der Waals surface area contributed by atoms with Gasteiger partial charge in [0.05, 0.1) is 23.8 Å². The van der Waals surface area contributed by atoms with Crippen LogP contribution in [0.25, 0.3) is 0 Å². The van der Waals surface area contributed by atoms with Crippen molar-refractivity contribution in [3.05, 3.63) is 50.9 Å². The van der Waals surface area contributed by atoms with E-state index in [1.54, 1.807) is 11.3 Å². The second-order valence-electron chi connectivity index (χ2n) is 4.98. The quantitative estimate of drug-likeness (QED) is 0.668. The highest BCUT2D eigenvalue weighted by atomic mass is 35.5. The van der Waals surface area contributed by atoms with Crippen molar-refractivity contribution in [2.24, 2.45) is 4.99 Å². The Labute approximate surface area is 140 Å². The number of nitrogens with zero attached hydrogens (tertiary/aromatic N) is 3. The first-order valence-corrected chi connectivity index (χ1v) is 8.49. The molecule has 1 N–H and O–H groups in total. The highest BCUT2D eigenvalue weighted by molar-refractivity contribution is 7.09. The van der Waals surface area contributed by atoms with E-state index < -0.39 is 0 Å². The number of hydrogen-bond donors (Lipinski definition) is 1. The molecule has 0 spiro atoms. The average Bonchev–Trinajstić information content (AvgIpc) is 2.90. The molecule has 0 aliphatic rings. The summed E-state index contributed by atoms with van der Waals surface area (Å²) in [5.74, 6) is 0.855. The fourth-order valence-corrected chi connectivity index (χ4v) is 2.85. The van der Waals surface area contributed by atoms with Crippen LogP contribution < -0.4 is 5.32 Å². The third-order valence-electron chi connectivity index (χ3n) is 3.12. The predicted octanol–water partition coefficient (Wildman–Crippen LogP) is 3.70. The smallest absolute Gasteiger partial charge is 0.194 e. The fourth-order valence-electron chi connectivity index (χ4n) is 2.06. The van der Waals surface area contributed by atoms with E-state index in [9.17, 15) is 0 Å². The number of halogens is 1. The van der Waals surface area contributed by atoms with Gasteiger partial charge in [-0.05, 0) is 25.5 Å². The van der Waals surface area contributed by atoms with E-state index in [2.05, 4.69) is 32.5 Å². The normalized spacial score (nSPS) is 11.5. The Morgan fingerprint density at radius 1 is 1.41 bits per heavy atom. The maximum absolute atomic E-state index is 6.18. The van der Waals surface area contributed by atoms with Crippen LogP contribution in [0.15, 0.2) is 34.6 Å². The van der Waals surface area contributed by atoms with E-state index in [0.717, 1.165) is 40.3 Å². The molecule has 6 heteroatoms. The molecule has 0 aliphatic carbocycles. The Morgan fingerprint density at radius 3 is 2.82 bits per heavy atom. The van der Waals surface area contributed by atoms with Gasteiger partial charge in [-0.1, -0.05) is 29.8 Å². The summed E-state index contributed by atoms with van der Waals surface area (Å²) in [6.07, 6.45) is 0. The van der Waals surface area contributed by atoms with Gasteiger partial charge < -0.3 is 10.2 Å². The minimum absolute atomic E-state index is 0.558. The zero-order valence-corrected chi connectivity index (χ0v) is 14.7. The first-order valence-electron chi connectivity index (χ1n) is 7.24. The van der Waals surface area contributed by atoms with Gasteiger partial charge in [-0.2, -0.15) is 0 Å². The highest BCUT2D eigenvalue weighted by Gasteiger charge is 2.09. The number of hydrogen-bond acceptors (Lipinski definition) is 3. The molecule has 0 fully saturated rings. The zero-order valence-electron chi connectivity index (χ0n) is 13.1. The third kappa shape index (κ3) is 4.71. The SMILES string of the molecule is CCNC(=NCc1ccccc1Cl)N(C)Cc1csc(C)n1. The number of aliphatic imine (C=N–C) groups is 1. The van der Waals surface area contributed by atoms with Crippen molar-refractivity contribution >= 4 is 28.9 Å². The van der Waals surface area contributed by atoms with Crippen molar-refractivity contribution in [2.75, 3.05) is 13.6 Å². The van der Waals surface area contributed by atoms with Gasteiger partial charge in [-0.25, -0.2) is 9.98 Å². The maximum Gasteiger partial charge on any atom is 0.194 e. The minimum Gasteiger partial charge on any atom is -0.357 e. The molecule has 1 aromatic heterocycles. The summed E-state index contributed by atoms with van der Waals surface area (Å²) in [6.45, 7) is 6.19. The van der Waals surface area contributed by atoms with Gasteiger partial charge in [0.2, 0.25) is 0 Å². The van der Waals surface area contributed by atoms with Gasteiger partial charge >= 0.3 is 0 Å². The number of benzene rings is 1. The standard InChI is InChI=1S/C16H21ClN4S/c1-4-18-16(19-9-13-7-5-6-8-15(13)17)21(3)10-14-11-22-12(2)20-14/h5-8,11H,4,9-10H2,1-3H3,(H,18,19). The molecule has 0 amide bonds. The molecule has 0 radical (unpaired) electrons. The van der Waals surface area contributed by atoms with E-state index in [1.165, 1.54) is 0 Å². The third-order valence-corrected chi connectivity index (χ3v) is 4.31. The van der Waals surface area contributed by atoms with E-state index in [-0.39, 0.29) is 0 Å². The zero-order chi connectivity index (χ0) is 15.9. The number of nitrogens with one attached hydrogen (secondary N) is 1. The Hall–Kier alpha value is -1.59. The Morgan fingerprint density at radius 2 is 2.18 bits per heavy atom. The maximum atomic E-state index is 6.18. The van der Waals surface area contributed by atoms with E-state index in [1.807, 2.05) is 38.2 Å². The average molecular weight is 337 g/mol. The first-order chi connectivity index (χ1) is 10.6. The summed E-state index contributed by atoms with van der Waals surface area (Å²) >= 11 is 7.85. The highest BCUT2D eigenvalue weighted by Crippen LogP contribution is 2.16. The molecule has 1 aromatic carbocycles. The van der Waals surface area contributed by atoms with E-state index in [0.29, 0.717) is 6.54 Å². The second-order valence-corrected chi connectivity index (χ2v) is 6.44. The van der Waals surface area contributed by atoms with Crippen LogP contribution in [0, 0.1) is 6.92 Å². The molecule has 22 heavy (non-hydrogen) atoms. The van der Waals surface area contributed by atoms with Crippen LogP contribution in [0.2, 0.25) is 5.02 Å². The lowest BCUT2D eigenvalue weighted by Gasteiger charge is -2.21. The van der Waals surface area contributed by atoms with Crippen LogP contribution in [0.3, 0.4) is 0 Å². The monoisotopic (exact) mass is 336 g/mol. The molecular weight excluding hydrogens is 316 g/mol. The van der Waals surface area contributed by atoms with Gasteiger partial charge in [-0.3, -0.25) is 0 Å². The fraction of sp³-hybridized carbons (Fsp3) is 0.375. The molecule has 0 aliphatic heterocycles. The van der Waals surface area contributed by atoms with Crippen molar-refractivity contribution in [3.63, 3.8) is 0 Å². The number of aromatic nitrogens is 1. The Kier molecular flexibility index (Phi) is 6.21. The van der Waals surface area contributed by atoms with E-state index in [4.69, 9.17) is 11.6 Å². The second kappa shape index (κ2) is 8.15. The molecule has 0 saturated heterocycles. The van der Waals surface area contributed by atoms with Gasteiger partial charge in [0.1, 0.15) is 0 Å². The molecule has 2 aromatic rings. The molecule has 0 bridgehead atoms. The molecule has 0 saturated carbocycles. The van der Waals surface area contributed by atoms with Crippen molar-refractivity contribution < 1.29 is 0 Å². The molecule has 4 nitrogen and oxygen atoms in total. The summed E-state index contributed by atoms with van der Waals surface area (Å²) in [7, 11) is 2.02. The van der Waals surface area contributed by atoms with Crippen LogP contribution in [0.5, 0.6) is 0 Å². The number of rotatable bonds is 5. The van der Waals surface area contributed by atoms with Gasteiger partial charge in [0, 0.05) is 24.0 Å². The number of aryl methyl sites for hydroxylation is 1. The molecular formula is C16H21ClN4S. The van der Waals surface area contributed by atoms with Crippen LogP contribution in [0.4, 0.5) is 0 Å². The van der Waals surface area contributed by atoms with Gasteiger partial charge in [0.15, 0.2) is 5.96 Å². The van der Waals surface area contributed by atoms with E-state index >= 15 is 0 Å². The van der Waals surface area contributed by atoms with Crippen molar-refractivity contribution in [1.82, 2.24) is 15.2 Å². The van der Waals surface area contributed by atoms with Crippen LogP contribution >= 0.6 is 22.9 Å². The minimum atomic E-state index is 0.558. The Balaban J connectivity index is 2.07. The molecule has 1 heterocycles. The Bertz CT molecular complexity index is 639. The van der Waals surface area contributed by atoms with Crippen LogP contribution in [-0.4, -0.2) is 29.4 Å². The molecule has 0 unspecified atom stereocenters. The summed E-state index contributed by atoms with van der Waals surface area (Å²) in [5, 5.41) is 7.23. The lowest BCUT2D eigenvalue weighted by atomic mass is 10.2. The summed E-state index contributed by atoms with van der Waals surface area (Å²) < 4.78 is 0. The topological polar surface area (TPSA) is 40.5 Å². The molecule has 2 rings (SSSR count). The van der Waals surface area contributed by atoms with Gasteiger partial charge in [0.25, 0.3) is 0 Å². The van der Waals surface area contributed by atoms with Crippen molar-refractivity contribution in [3.8, 4) is 0 Å². The first kappa shape index (κ1) is 16.8. The van der Waals surface area contributed by atoms with Crippen molar-refractivity contribution in [2.45, 2.75) is 26.9 Å². The summed E-state index contributed by atoms with van der Waals surface area (Å²) in [6, 6.07) is 7.79. The largest absolute Gasteiger partial charge is 0.357 e. The summed E-state index contributed by atoms with van der Waals surface area (Å²) in [4.78, 5) is 11.2. The number of guanidine groups is 1. The van der Waals surface area contributed by atoms with Crippen LogP contribution in [0.1, 0.15) is 23.2 Å². The molecule has 118 valence electrons. The lowest BCUT2D eigenvalue weighted by Crippen LogP contribution is -2.38. The van der Waals surface area contributed by atoms with Crippen molar-refractivity contribution in [1.29, 1.82) is 0 Å². The molecule has 0 atom stereocenters. The predicted molar refractivity (Wildman–Crippen MR) is 94.6 cm³/mol. The summed E-state index contributed by atoms with van der Waals surface area (Å²) in [5.41, 5.74) is 2.09. The van der Waals surface area contributed by atoms with Crippen LogP contribution in [-0.2, 0) is 13.1 Å². The lowest BCUT2D eigenvalue weighted by molar-refractivity contribution is 0.471.